The van der Waals surface area contributed by atoms with Gasteiger partial charge in [-0.1, -0.05) is 142 Å². The fourth-order valence-corrected chi connectivity index (χ4v) is 3.88. The van der Waals surface area contributed by atoms with Crippen molar-refractivity contribution in [2.45, 2.75) is 168 Å². The van der Waals surface area contributed by atoms with E-state index in [2.05, 4.69) is 13.8 Å². The van der Waals surface area contributed by atoms with Crippen LogP contribution in [0.15, 0.2) is 0 Å². The molecule has 2 N–H and O–H groups in total. The van der Waals surface area contributed by atoms with Gasteiger partial charge in [-0.3, -0.25) is 9.59 Å². The van der Waals surface area contributed by atoms with Gasteiger partial charge in [-0.15, -0.1) is 0 Å². The quantitative estimate of drug-likeness (QED) is 0.0864. The number of aliphatic carboxylic acids is 2. The predicted octanol–water partition coefficient (Wildman–Crippen LogP) is 9.16. The van der Waals surface area contributed by atoms with E-state index in [0.29, 0.717) is 12.8 Å². The second-order valence-electron chi connectivity index (χ2n) is 9.36. The van der Waals surface area contributed by atoms with Gasteiger partial charge in [0.05, 0.1) is 0 Å². The summed E-state index contributed by atoms with van der Waals surface area (Å²) in [5.41, 5.74) is 0. The van der Waals surface area contributed by atoms with E-state index in [4.69, 9.17) is 10.2 Å². The van der Waals surface area contributed by atoms with E-state index in [1.165, 1.54) is 116 Å². The Morgan fingerprint density at radius 2 is 0.576 bits per heavy atom. The molecule has 0 aromatic carbocycles. The van der Waals surface area contributed by atoms with Crippen LogP contribution in [0.4, 0.5) is 0 Å². The molecule has 0 aliphatic carbocycles. The molecule has 0 bridgehead atoms. The van der Waals surface area contributed by atoms with Crippen LogP contribution >= 0.6 is 0 Å². The van der Waals surface area contributed by atoms with Crippen molar-refractivity contribution in [3.8, 4) is 0 Å². The number of carboxylic acid groups (broad SMARTS) is 2. The van der Waals surface area contributed by atoms with Gasteiger partial charge in [-0.25, -0.2) is 0 Å². The van der Waals surface area contributed by atoms with Gasteiger partial charge >= 0.3 is 11.9 Å². The van der Waals surface area contributed by atoms with Crippen LogP contribution in [0.3, 0.4) is 0 Å². The minimum atomic E-state index is -0.657. The van der Waals surface area contributed by atoms with Gasteiger partial charge in [-0.05, 0) is 12.8 Å². The van der Waals surface area contributed by atoms with Crippen molar-refractivity contribution >= 4 is 60.8 Å². The van der Waals surface area contributed by atoms with Gasteiger partial charge in [0.15, 0.2) is 0 Å². The van der Waals surface area contributed by atoms with Crippen LogP contribution in [0.1, 0.15) is 168 Å². The topological polar surface area (TPSA) is 74.6 Å². The van der Waals surface area contributed by atoms with Crippen molar-refractivity contribution in [1.29, 1.82) is 0 Å². The Balaban J connectivity index is -0.000000529. The first-order chi connectivity index (χ1) is 15.5. The monoisotopic (exact) mass is 594 g/mol. The van der Waals surface area contributed by atoms with Crippen molar-refractivity contribution in [3.05, 3.63) is 0 Å². The third-order valence-electron chi connectivity index (χ3n) is 5.99. The fraction of sp³-hybridized carbons (Fsp3) is 0.929. The summed E-state index contributed by atoms with van der Waals surface area (Å²) in [4.78, 5) is 20.5. The molecular formula is C28H56BaO4. The zero-order valence-electron chi connectivity index (χ0n) is 22.4. The third-order valence-corrected chi connectivity index (χ3v) is 5.99. The van der Waals surface area contributed by atoms with Gasteiger partial charge in [0.1, 0.15) is 0 Å². The Labute approximate surface area is 246 Å². The molecule has 0 saturated heterocycles. The average molecular weight is 594 g/mol. The zero-order chi connectivity index (χ0) is 24.1. The van der Waals surface area contributed by atoms with Crippen molar-refractivity contribution < 1.29 is 19.8 Å². The molecule has 0 aromatic rings. The van der Waals surface area contributed by atoms with Gasteiger partial charge < -0.3 is 10.2 Å². The second kappa shape index (κ2) is 34.7. The first-order valence-corrected chi connectivity index (χ1v) is 14.0. The minimum Gasteiger partial charge on any atom is -0.481 e. The molecule has 0 atom stereocenters. The normalized spacial score (nSPS) is 10.2. The molecule has 0 aromatic heterocycles. The van der Waals surface area contributed by atoms with E-state index in [9.17, 15) is 9.59 Å². The third kappa shape index (κ3) is 43.1. The molecule has 0 aliphatic heterocycles. The first-order valence-electron chi connectivity index (χ1n) is 14.0. The van der Waals surface area contributed by atoms with Crippen LogP contribution in [0.2, 0.25) is 0 Å². The van der Waals surface area contributed by atoms with Gasteiger partial charge in [0, 0.05) is 61.7 Å². The molecule has 0 heterocycles. The average Bonchev–Trinajstić information content (AvgIpc) is 2.76. The molecule has 5 heteroatoms. The van der Waals surface area contributed by atoms with E-state index in [1.807, 2.05) is 0 Å². The number of carbonyl (C=O) groups is 2. The molecule has 0 spiro atoms. The van der Waals surface area contributed by atoms with Gasteiger partial charge in [0.25, 0.3) is 0 Å². The Kier molecular flexibility index (Phi) is 40.0. The maximum atomic E-state index is 10.3. The smallest absolute Gasteiger partial charge is 0.303 e. The summed E-state index contributed by atoms with van der Waals surface area (Å²) in [6.07, 6.45) is 28.7. The maximum absolute atomic E-state index is 10.3. The molecule has 0 aliphatic rings. The molecule has 0 amide bonds. The maximum Gasteiger partial charge on any atom is 0.303 e. The fourth-order valence-electron chi connectivity index (χ4n) is 3.88. The SMILES string of the molecule is CCCCCCCCCCCCCC(=O)O.CCCCCCCCCCCCCC(=O)O.[Ba]. The van der Waals surface area contributed by atoms with E-state index in [-0.39, 0.29) is 48.9 Å². The van der Waals surface area contributed by atoms with Crippen LogP contribution < -0.4 is 0 Å². The van der Waals surface area contributed by atoms with Crippen molar-refractivity contribution in [1.82, 2.24) is 0 Å². The number of hydrogen-bond acceptors (Lipinski definition) is 2. The molecule has 0 unspecified atom stereocenters. The standard InChI is InChI=1S/2C14H28O2.Ba/c2*1-2-3-4-5-6-7-8-9-10-11-12-13-14(15)16;/h2*2-13H2,1H3,(H,15,16);. The molecule has 194 valence electrons. The Morgan fingerprint density at radius 3 is 0.758 bits per heavy atom. The Bertz CT molecular complexity index is 352. The summed E-state index contributed by atoms with van der Waals surface area (Å²) in [7, 11) is 0. The van der Waals surface area contributed by atoms with Crippen LogP contribution in [-0.4, -0.2) is 71.0 Å². The molecule has 0 saturated carbocycles. The van der Waals surface area contributed by atoms with E-state index in [1.54, 1.807) is 0 Å². The summed E-state index contributed by atoms with van der Waals surface area (Å²) in [5, 5.41) is 16.9. The predicted molar refractivity (Wildman–Crippen MR) is 143 cm³/mol. The van der Waals surface area contributed by atoms with E-state index >= 15 is 0 Å². The summed E-state index contributed by atoms with van der Waals surface area (Å²) >= 11 is 0. The summed E-state index contributed by atoms with van der Waals surface area (Å²) in [6, 6.07) is 0. The van der Waals surface area contributed by atoms with Gasteiger partial charge in [-0.2, -0.15) is 0 Å². The number of rotatable bonds is 24. The molecule has 4 nitrogen and oxygen atoms in total. The molecule has 33 heavy (non-hydrogen) atoms. The molecule has 0 rings (SSSR count). The van der Waals surface area contributed by atoms with Gasteiger partial charge in [0.2, 0.25) is 0 Å². The van der Waals surface area contributed by atoms with Crippen molar-refractivity contribution in [2.24, 2.45) is 0 Å². The summed E-state index contributed by atoms with van der Waals surface area (Å²) in [6.45, 7) is 4.49. The molecular weight excluding hydrogens is 538 g/mol. The number of hydrogen-bond donors (Lipinski definition) is 2. The van der Waals surface area contributed by atoms with E-state index in [0.717, 1.165) is 25.7 Å². The van der Waals surface area contributed by atoms with Crippen LogP contribution in [0, 0.1) is 0 Å². The number of carboxylic acids is 2. The summed E-state index contributed by atoms with van der Waals surface area (Å²) in [5.74, 6) is -1.31. The van der Waals surface area contributed by atoms with Crippen molar-refractivity contribution in [3.63, 3.8) is 0 Å². The molecule has 0 fully saturated rings. The molecule has 2 radical (unpaired) electrons. The Hall–Kier alpha value is 0.511. The van der Waals surface area contributed by atoms with E-state index < -0.39 is 11.9 Å². The van der Waals surface area contributed by atoms with Crippen LogP contribution in [0.25, 0.3) is 0 Å². The minimum absolute atomic E-state index is 0. The van der Waals surface area contributed by atoms with Crippen LogP contribution in [0.5, 0.6) is 0 Å². The van der Waals surface area contributed by atoms with Crippen LogP contribution in [-0.2, 0) is 9.59 Å². The zero-order valence-corrected chi connectivity index (χ0v) is 26.8. The second-order valence-corrected chi connectivity index (χ2v) is 9.36. The first kappa shape index (κ1) is 38.0. The summed E-state index contributed by atoms with van der Waals surface area (Å²) < 4.78 is 0. The number of unbranched alkanes of at least 4 members (excludes halogenated alkanes) is 20. The largest absolute Gasteiger partial charge is 0.481 e. The van der Waals surface area contributed by atoms with Crippen molar-refractivity contribution in [2.75, 3.05) is 0 Å². The Morgan fingerprint density at radius 1 is 0.394 bits per heavy atom.